The largest absolute Gasteiger partial charge is 0.481 e. The summed E-state index contributed by atoms with van der Waals surface area (Å²) in [6.45, 7) is 2.95. The lowest BCUT2D eigenvalue weighted by Crippen LogP contribution is -1.95. The molecule has 0 radical (unpaired) electrons. The number of fused-ring (bicyclic) bond motifs is 1. The molecule has 0 bridgehead atoms. The second kappa shape index (κ2) is 5.84. The highest BCUT2D eigenvalue weighted by Crippen LogP contribution is 2.15. The summed E-state index contributed by atoms with van der Waals surface area (Å²) in [6, 6.07) is 9.80. The maximum absolute atomic E-state index is 11.4. The molecule has 4 heteroatoms. The fraction of sp³-hybridized carbons (Fsp3) is 0.231. The average Bonchev–Trinajstić information content (AvgIpc) is 2.70. The Morgan fingerprint density at radius 1 is 1.29 bits per heavy atom. The summed E-state index contributed by atoms with van der Waals surface area (Å²) in [6.07, 6.45) is 0.548. The van der Waals surface area contributed by atoms with Crippen molar-refractivity contribution < 1.29 is 14.7 Å². The maximum Gasteiger partial charge on any atom is 0.300 e. The second-order valence-electron chi connectivity index (χ2n) is 3.57. The number of carbonyl (C=O) groups is 2. The lowest BCUT2D eigenvalue weighted by atomic mass is 10.2. The van der Waals surface area contributed by atoms with Crippen molar-refractivity contribution in [1.29, 1.82) is 0 Å². The van der Waals surface area contributed by atoms with Gasteiger partial charge in [-0.05, 0) is 12.1 Å². The molecule has 0 aliphatic carbocycles. The molecule has 0 fully saturated rings. The molecule has 2 rings (SSSR count). The molecule has 4 nitrogen and oxygen atoms in total. The van der Waals surface area contributed by atoms with Crippen LogP contribution < -0.4 is 0 Å². The number of benzene rings is 1. The number of hydrogen-bond donors (Lipinski definition) is 2. The van der Waals surface area contributed by atoms with Crippen LogP contribution in [0.25, 0.3) is 10.9 Å². The van der Waals surface area contributed by atoms with Crippen molar-refractivity contribution in [2.45, 2.75) is 20.3 Å². The summed E-state index contributed by atoms with van der Waals surface area (Å²) in [5.41, 5.74) is 1.74. The highest BCUT2D eigenvalue weighted by Gasteiger charge is 2.05. The first-order valence-corrected chi connectivity index (χ1v) is 5.35. The number of ketones is 1. The predicted molar refractivity (Wildman–Crippen MR) is 66.2 cm³/mol. The quantitative estimate of drug-likeness (QED) is 0.783. The Hall–Kier alpha value is -2.10. The minimum atomic E-state index is -0.833. The number of rotatable bonds is 2. The number of para-hydroxylation sites is 1. The van der Waals surface area contributed by atoms with E-state index in [1.165, 1.54) is 0 Å². The number of carboxylic acid groups (broad SMARTS) is 1. The van der Waals surface area contributed by atoms with Crippen molar-refractivity contribution in [3.63, 3.8) is 0 Å². The molecule has 2 N–H and O–H groups in total. The molecular formula is C13H15NO3. The number of hydrogen-bond acceptors (Lipinski definition) is 2. The van der Waals surface area contributed by atoms with Crippen LogP contribution in [0.2, 0.25) is 0 Å². The van der Waals surface area contributed by atoms with Crippen LogP contribution in [0.3, 0.4) is 0 Å². The molecule has 0 amide bonds. The molecule has 0 aliphatic rings. The fourth-order valence-corrected chi connectivity index (χ4v) is 1.41. The molecule has 90 valence electrons. The van der Waals surface area contributed by atoms with Gasteiger partial charge >= 0.3 is 0 Å². The van der Waals surface area contributed by atoms with E-state index in [1.807, 2.05) is 37.3 Å². The summed E-state index contributed by atoms with van der Waals surface area (Å²) in [5.74, 6) is -0.670. The van der Waals surface area contributed by atoms with E-state index in [0.717, 1.165) is 17.8 Å². The molecule has 1 heterocycles. The first-order chi connectivity index (χ1) is 8.04. The summed E-state index contributed by atoms with van der Waals surface area (Å²) < 4.78 is 0. The highest BCUT2D eigenvalue weighted by atomic mass is 16.4. The molecule has 2 aromatic rings. The third-order valence-corrected chi connectivity index (χ3v) is 2.15. The van der Waals surface area contributed by atoms with Crippen molar-refractivity contribution in [2.24, 2.45) is 0 Å². The number of aromatic amines is 1. The number of Topliss-reactive ketones (excluding diaryl/α,β-unsaturated/α-hetero) is 1. The van der Waals surface area contributed by atoms with E-state index >= 15 is 0 Å². The third kappa shape index (κ3) is 3.75. The first kappa shape index (κ1) is 13.0. The zero-order valence-electron chi connectivity index (χ0n) is 9.86. The minimum Gasteiger partial charge on any atom is -0.481 e. The van der Waals surface area contributed by atoms with Gasteiger partial charge in [0.15, 0.2) is 5.78 Å². The van der Waals surface area contributed by atoms with Gasteiger partial charge in [0.05, 0.1) is 5.69 Å². The number of aromatic nitrogens is 1. The Morgan fingerprint density at radius 3 is 2.41 bits per heavy atom. The van der Waals surface area contributed by atoms with E-state index in [4.69, 9.17) is 9.90 Å². The van der Waals surface area contributed by atoms with E-state index in [-0.39, 0.29) is 5.78 Å². The van der Waals surface area contributed by atoms with Crippen LogP contribution >= 0.6 is 0 Å². The minimum absolute atomic E-state index is 0.163. The standard InChI is InChI=1S/C11H11NO.C2H4O2/c1-2-11(13)10-7-8-5-3-4-6-9(8)12-10;1-2(3)4/h3-7,12H,2H2,1H3;1H3,(H,3,4). The summed E-state index contributed by atoms with van der Waals surface area (Å²) >= 11 is 0. The molecule has 17 heavy (non-hydrogen) atoms. The van der Waals surface area contributed by atoms with Gasteiger partial charge in [-0.15, -0.1) is 0 Å². The second-order valence-corrected chi connectivity index (χ2v) is 3.57. The number of carbonyl (C=O) groups excluding carboxylic acids is 1. The van der Waals surface area contributed by atoms with Crippen molar-refractivity contribution in [1.82, 2.24) is 4.98 Å². The normalized spacial score (nSPS) is 9.53. The Bertz CT molecular complexity index is 491. The van der Waals surface area contributed by atoms with Crippen LogP contribution in [0, 0.1) is 0 Å². The van der Waals surface area contributed by atoms with Crippen LogP contribution in [0.4, 0.5) is 0 Å². The van der Waals surface area contributed by atoms with Gasteiger partial charge in [-0.25, -0.2) is 0 Å². The summed E-state index contributed by atoms with van der Waals surface area (Å²) in [4.78, 5) is 23.4. The predicted octanol–water partition coefficient (Wildman–Crippen LogP) is 2.85. The van der Waals surface area contributed by atoms with E-state index in [1.54, 1.807) is 0 Å². The van der Waals surface area contributed by atoms with E-state index in [0.29, 0.717) is 12.1 Å². The Labute approximate surface area is 99.3 Å². The molecule has 0 saturated heterocycles. The van der Waals surface area contributed by atoms with Crippen LogP contribution in [-0.2, 0) is 4.79 Å². The van der Waals surface area contributed by atoms with E-state index < -0.39 is 5.97 Å². The SMILES string of the molecule is CC(=O)O.CCC(=O)c1cc2ccccc2[nH]1. The third-order valence-electron chi connectivity index (χ3n) is 2.15. The van der Waals surface area contributed by atoms with Gasteiger partial charge in [0, 0.05) is 24.2 Å². The van der Waals surface area contributed by atoms with Crippen LogP contribution in [0.1, 0.15) is 30.8 Å². The number of nitrogens with one attached hydrogen (secondary N) is 1. The number of aliphatic carboxylic acids is 1. The van der Waals surface area contributed by atoms with E-state index in [2.05, 4.69) is 4.98 Å². The van der Waals surface area contributed by atoms with Crippen molar-refractivity contribution in [2.75, 3.05) is 0 Å². The Balaban J connectivity index is 0.000000317. The molecule has 0 unspecified atom stereocenters. The molecule has 1 aromatic carbocycles. The topological polar surface area (TPSA) is 70.2 Å². The van der Waals surface area contributed by atoms with Gasteiger partial charge in [0.1, 0.15) is 0 Å². The lowest BCUT2D eigenvalue weighted by molar-refractivity contribution is -0.134. The zero-order valence-corrected chi connectivity index (χ0v) is 9.86. The Morgan fingerprint density at radius 2 is 1.88 bits per heavy atom. The molecule has 0 atom stereocenters. The van der Waals surface area contributed by atoms with Crippen molar-refractivity contribution in [3.8, 4) is 0 Å². The van der Waals surface area contributed by atoms with Gasteiger partial charge in [-0.3, -0.25) is 9.59 Å². The Kier molecular flexibility index (Phi) is 4.46. The maximum atomic E-state index is 11.4. The molecular weight excluding hydrogens is 218 g/mol. The van der Waals surface area contributed by atoms with Gasteiger partial charge in [0.25, 0.3) is 5.97 Å². The molecule has 0 aliphatic heterocycles. The van der Waals surface area contributed by atoms with Gasteiger partial charge in [0.2, 0.25) is 0 Å². The molecule has 0 spiro atoms. The van der Waals surface area contributed by atoms with Gasteiger partial charge < -0.3 is 10.1 Å². The molecule has 1 aromatic heterocycles. The summed E-state index contributed by atoms with van der Waals surface area (Å²) in [7, 11) is 0. The van der Waals surface area contributed by atoms with Crippen molar-refractivity contribution >= 4 is 22.7 Å². The van der Waals surface area contributed by atoms with Crippen LogP contribution in [0.5, 0.6) is 0 Å². The number of carboxylic acids is 1. The average molecular weight is 233 g/mol. The highest BCUT2D eigenvalue weighted by molar-refractivity contribution is 5.99. The smallest absolute Gasteiger partial charge is 0.300 e. The van der Waals surface area contributed by atoms with Crippen LogP contribution in [0.15, 0.2) is 30.3 Å². The van der Waals surface area contributed by atoms with Crippen molar-refractivity contribution in [3.05, 3.63) is 36.0 Å². The molecule has 0 saturated carbocycles. The fourth-order valence-electron chi connectivity index (χ4n) is 1.41. The van der Waals surface area contributed by atoms with Gasteiger partial charge in [-0.1, -0.05) is 25.1 Å². The first-order valence-electron chi connectivity index (χ1n) is 5.35. The van der Waals surface area contributed by atoms with Crippen LogP contribution in [-0.4, -0.2) is 21.8 Å². The zero-order chi connectivity index (χ0) is 12.8. The monoisotopic (exact) mass is 233 g/mol. The lowest BCUT2D eigenvalue weighted by Gasteiger charge is -1.89. The van der Waals surface area contributed by atoms with E-state index in [9.17, 15) is 4.79 Å². The number of H-pyrrole nitrogens is 1. The summed E-state index contributed by atoms with van der Waals surface area (Å²) in [5, 5.41) is 8.51. The van der Waals surface area contributed by atoms with Gasteiger partial charge in [-0.2, -0.15) is 0 Å².